The standard InChI is InChI=1S/C19H27N5O4S/c1-6-27-16-10-8-7-9-15(16)24-19(20-21-22-24)29-12-18(26)28-11-17(25)23(13(2)3)14(4)5/h7-10,13-14H,6,11-12H2,1-5H3. The maximum Gasteiger partial charge on any atom is 0.316 e. The molecule has 0 aliphatic rings. The average Bonchev–Trinajstić information content (AvgIpc) is 3.13. The maximum absolute atomic E-state index is 12.3. The van der Waals surface area contributed by atoms with Gasteiger partial charge in [-0.1, -0.05) is 23.9 Å². The number of hydrogen-bond donors (Lipinski definition) is 0. The first-order valence-electron chi connectivity index (χ1n) is 9.45. The molecule has 0 saturated heterocycles. The van der Waals surface area contributed by atoms with Crippen molar-refractivity contribution >= 4 is 23.6 Å². The molecule has 0 fully saturated rings. The molecule has 0 spiro atoms. The molecular weight excluding hydrogens is 394 g/mol. The van der Waals surface area contributed by atoms with Crippen molar-refractivity contribution in [2.24, 2.45) is 0 Å². The zero-order valence-electron chi connectivity index (χ0n) is 17.4. The molecule has 1 aromatic carbocycles. The van der Waals surface area contributed by atoms with Gasteiger partial charge in [-0.25, -0.2) is 0 Å². The summed E-state index contributed by atoms with van der Waals surface area (Å²) < 4.78 is 12.3. The van der Waals surface area contributed by atoms with Crippen LogP contribution >= 0.6 is 11.8 Å². The summed E-state index contributed by atoms with van der Waals surface area (Å²) in [4.78, 5) is 26.1. The van der Waals surface area contributed by atoms with Crippen molar-refractivity contribution in [3.8, 4) is 11.4 Å². The molecule has 0 radical (unpaired) electrons. The molecule has 10 heteroatoms. The third kappa shape index (κ3) is 6.18. The lowest BCUT2D eigenvalue weighted by atomic mass is 10.2. The van der Waals surface area contributed by atoms with Crippen molar-refractivity contribution in [1.82, 2.24) is 25.1 Å². The van der Waals surface area contributed by atoms with E-state index < -0.39 is 5.97 Å². The van der Waals surface area contributed by atoms with Crippen LogP contribution in [-0.2, 0) is 14.3 Å². The second-order valence-electron chi connectivity index (χ2n) is 6.71. The molecule has 0 aliphatic carbocycles. The quantitative estimate of drug-likeness (QED) is 0.426. The Labute approximate surface area is 174 Å². The van der Waals surface area contributed by atoms with E-state index in [1.165, 1.54) is 4.68 Å². The number of aromatic nitrogens is 4. The van der Waals surface area contributed by atoms with Crippen LogP contribution in [0.3, 0.4) is 0 Å². The van der Waals surface area contributed by atoms with E-state index in [9.17, 15) is 9.59 Å². The van der Waals surface area contributed by atoms with Crippen molar-refractivity contribution < 1.29 is 19.1 Å². The molecule has 1 amide bonds. The van der Waals surface area contributed by atoms with Gasteiger partial charge in [0.25, 0.3) is 5.91 Å². The number of nitrogens with zero attached hydrogens (tertiary/aromatic N) is 5. The predicted octanol–water partition coefficient (Wildman–Crippen LogP) is 2.34. The molecular formula is C19H27N5O4S. The fourth-order valence-corrected chi connectivity index (χ4v) is 3.57. The molecule has 2 aromatic rings. The summed E-state index contributed by atoms with van der Waals surface area (Å²) in [7, 11) is 0. The van der Waals surface area contributed by atoms with Crippen molar-refractivity contribution in [3.05, 3.63) is 24.3 Å². The number of hydrogen-bond acceptors (Lipinski definition) is 8. The third-order valence-corrected chi connectivity index (χ3v) is 4.80. The third-order valence-electron chi connectivity index (χ3n) is 3.91. The number of rotatable bonds is 10. The highest BCUT2D eigenvalue weighted by Gasteiger charge is 2.22. The normalized spacial score (nSPS) is 11.0. The van der Waals surface area contributed by atoms with Crippen LogP contribution in [0.2, 0.25) is 0 Å². The molecule has 0 saturated carbocycles. The average molecular weight is 422 g/mol. The largest absolute Gasteiger partial charge is 0.492 e. The van der Waals surface area contributed by atoms with Crippen LogP contribution in [0.5, 0.6) is 5.75 Å². The first-order chi connectivity index (χ1) is 13.8. The maximum atomic E-state index is 12.3. The highest BCUT2D eigenvalue weighted by atomic mass is 32.2. The van der Waals surface area contributed by atoms with Gasteiger partial charge in [-0.3, -0.25) is 9.59 Å². The zero-order valence-corrected chi connectivity index (χ0v) is 18.2. The van der Waals surface area contributed by atoms with E-state index in [1.54, 1.807) is 4.90 Å². The molecule has 1 heterocycles. The summed E-state index contributed by atoms with van der Waals surface area (Å²) in [6, 6.07) is 7.43. The zero-order chi connectivity index (χ0) is 21.4. The molecule has 158 valence electrons. The lowest BCUT2D eigenvalue weighted by Crippen LogP contribution is -2.44. The SMILES string of the molecule is CCOc1ccccc1-n1nnnc1SCC(=O)OCC(=O)N(C(C)C)C(C)C. The van der Waals surface area contributed by atoms with E-state index >= 15 is 0 Å². The Morgan fingerprint density at radius 1 is 1.17 bits per heavy atom. The molecule has 1 aromatic heterocycles. The molecule has 2 rings (SSSR count). The number of benzene rings is 1. The van der Waals surface area contributed by atoms with Crippen molar-refractivity contribution in [2.75, 3.05) is 19.0 Å². The number of thioether (sulfide) groups is 1. The van der Waals surface area contributed by atoms with Gasteiger partial charge in [0, 0.05) is 12.1 Å². The van der Waals surface area contributed by atoms with Gasteiger partial charge in [-0.05, 0) is 57.2 Å². The van der Waals surface area contributed by atoms with E-state index in [4.69, 9.17) is 9.47 Å². The topological polar surface area (TPSA) is 99.4 Å². The molecule has 0 N–H and O–H groups in total. The van der Waals surface area contributed by atoms with Crippen LogP contribution in [0.15, 0.2) is 29.4 Å². The molecule has 0 aliphatic heterocycles. The minimum atomic E-state index is -0.511. The van der Waals surface area contributed by atoms with Crippen LogP contribution in [0.1, 0.15) is 34.6 Å². The summed E-state index contributed by atoms with van der Waals surface area (Å²) in [5, 5.41) is 12.1. The van der Waals surface area contributed by atoms with Crippen LogP contribution < -0.4 is 4.74 Å². The van der Waals surface area contributed by atoms with Crippen LogP contribution in [0.25, 0.3) is 5.69 Å². The highest BCUT2D eigenvalue weighted by molar-refractivity contribution is 7.99. The van der Waals surface area contributed by atoms with Gasteiger partial charge in [0.2, 0.25) is 5.16 Å². The number of ether oxygens (including phenoxy) is 2. The number of tetrazole rings is 1. The molecule has 0 atom stereocenters. The minimum absolute atomic E-state index is 0.0200. The van der Waals surface area contributed by atoms with Crippen molar-refractivity contribution in [2.45, 2.75) is 51.9 Å². The number of esters is 1. The van der Waals surface area contributed by atoms with Crippen molar-refractivity contribution in [1.29, 1.82) is 0 Å². The number of carbonyl (C=O) groups excluding carboxylic acids is 2. The van der Waals surface area contributed by atoms with Crippen LogP contribution in [-0.4, -0.2) is 68.0 Å². The van der Waals surface area contributed by atoms with E-state index in [2.05, 4.69) is 15.5 Å². The second-order valence-corrected chi connectivity index (χ2v) is 7.65. The highest BCUT2D eigenvalue weighted by Crippen LogP contribution is 2.25. The molecule has 29 heavy (non-hydrogen) atoms. The van der Waals surface area contributed by atoms with Gasteiger partial charge in [-0.2, -0.15) is 4.68 Å². The van der Waals surface area contributed by atoms with Gasteiger partial charge < -0.3 is 14.4 Å². The van der Waals surface area contributed by atoms with Crippen LogP contribution in [0.4, 0.5) is 0 Å². The monoisotopic (exact) mass is 421 g/mol. The summed E-state index contributed by atoms with van der Waals surface area (Å²) in [5.41, 5.74) is 0.676. The number of para-hydroxylation sites is 2. The van der Waals surface area contributed by atoms with Crippen molar-refractivity contribution in [3.63, 3.8) is 0 Å². The Morgan fingerprint density at radius 2 is 1.86 bits per heavy atom. The van der Waals surface area contributed by atoms with E-state index in [0.29, 0.717) is 23.2 Å². The fraction of sp³-hybridized carbons (Fsp3) is 0.526. The Bertz CT molecular complexity index is 816. The lowest BCUT2D eigenvalue weighted by molar-refractivity contribution is -0.151. The molecule has 9 nitrogen and oxygen atoms in total. The van der Waals surface area contributed by atoms with E-state index in [0.717, 1.165) is 11.8 Å². The Hall–Kier alpha value is -2.62. The molecule has 0 bridgehead atoms. The van der Waals surface area contributed by atoms with Gasteiger partial charge in [-0.15, -0.1) is 5.10 Å². The Kier molecular flexibility index (Phi) is 8.44. The summed E-state index contributed by atoms with van der Waals surface area (Å²) in [5.74, 6) is -0.111. The summed E-state index contributed by atoms with van der Waals surface area (Å²) >= 11 is 1.13. The first kappa shape index (κ1) is 22.7. The van der Waals surface area contributed by atoms with Gasteiger partial charge in [0.1, 0.15) is 11.4 Å². The summed E-state index contributed by atoms with van der Waals surface area (Å²) in [6.07, 6.45) is 0. The lowest BCUT2D eigenvalue weighted by Gasteiger charge is -2.30. The second kappa shape index (κ2) is 10.8. The van der Waals surface area contributed by atoms with Gasteiger partial charge >= 0.3 is 5.97 Å². The van der Waals surface area contributed by atoms with E-state index in [-0.39, 0.29) is 30.4 Å². The minimum Gasteiger partial charge on any atom is -0.492 e. The Balaban J connectivity index is 1.96. The van der Waals surface area contributed by atoms with E-state index in [1.807, 2.05) is 58.9 Å². The summed E-state index contributed by atoms with van der Waals surface area (Å²) in [6.45, 7) is 9.82. The van der Waals surface area contributed by atoms with Crippen LogP contribution in [0, 0.1) is 0 Å². The van der Waals surface area contributed by atoms with Gasteiger partial charge in [0.15, 0.2) is 6.61 Å². The number of amides is 1. The first-order valence-corrected chi connectivity index (χ1v) is 10.4. The predicted molar refractivity (Wildman–Crippen MR) is 109 cm³/mol. The fourth-order valence-electron chi connectivity index (χ4n) is 2.88. The molecule has 0 unspecified atom stereocenters. The smallest absolute Gasteiger partial charge is 0.316 e. The van der Waals surface area contributed by atoms with Gasteiger partial charge in [0.05, 0.1) is 12.4 Å². The Morgan fingerprint density at radius 3 is 2.52 bits per heavy atom. The number of carbonyl (C=O) groups is 2.